The van der Waals surface area contributed by atoms with Gasteiger partial charge in [-0.1, -0.05) is 19.4 Å². The zero-order valence-corrected chi connectivity index (χ0v) is 17.3. The second kappa shape index (κ2) is 10.8. The summed E-state index contributed by atoms with van der Waals surface area (Å²) < 4.78 is 30.8. The van der Waals surface area contributed by atoms with E-state index in [-0.39, 0.29) is 0 Å². The van der Waals surface area contributed by atoms with Crippen molar-refractivity contribution in [2.45, 2.75) is 32.6 Å². The minimum absolute atomic E-state index is 0.727. The van der Waals surface area contributed by atoms with E-state index in [2.05, 4.69) is 31.4 Å². The van der Waals surface area contributed by atoms with E-state index in [1.807, 2.05) is 0 Å². The van der Waals surface area contributed by atoms with Crippen LogP contribution in [-0.2, 0) is 12.8 Å². The Kier molecular flexibility index (Phi) is 8.12. The van der Waals surface area contributed by atoms with E-state index < -0.39 is 11.6 Å². The molecule has 1 fully saturated rings. The van der Waals surface area contributed by atoms with Gasteiger partial charge in [0, 0.05) is 57.2 Å². The summed E-state index contributed by atoms with van der Waals surface area (Å²) in [6, 6.07) is 4.16. The number of piperazine rings is 1. The lowest BCUT2D eigenvalue weighted by Crippen LogP contribution is -2.47. The normalized spacial score (nSPS) is 15.3. The number of hydrogen-bond donors (Lipinski definition) is 1. The average molecular weight is 410 g/mol. The van der Waals surface area contributed by atoms with Gasteiger partial charge in [0.2, 0.25) is 5.13 Å². The zero-order chi connectivity index (χ0) is 19.8. The van der Waals surface area contributed by atoms with E-state index in [1.165, 1.54) is 36.5 Å². The van der Waals surface area contributed by atoms with Crippen LogP contribution in [0.4, 0.5) is 13.9 Å². The van der Waals surface area contributed by atoms with Crippen molar-refractivity contribution in [1.82, 2.24) is 19.6 Å². The summed E-state index contributed by atoms with van der Waals surface area (Å²) in [5.74, 6) is -0.634. The number of aromatic nitrogens is 2. The Bertz CT molecular complexity index is 731. The van der Waals surface area contributed by atoms with Crippen LogP contribution in [0, 0.1) is 11.6 Å². The van der Waals surface area contributed by atoms with Gasteiger partial charge in [0.25, 0.3) is 0 Å². The van der Waals surface area contributed by atoms with Gasteiger partial charge in [-0.05, 0) is 37.1 Å². The number of hydrogen-bond acceptors (Lipinski definition) is 6. The number of nitrogens with one attached hydrogen (secondary N) is 1. The minimum atomic E-state index is -0.787. The van der Waals surface area contributed by atoms with E-state index >= 15 is 0 Å². The first-order valence-electron chi connectivity index (χ1n) is 10.1. The van der Waals surface area contributed by atoms with Crippen LogP contribution < -0.4 is 10.2 Å². The molecule has 2 heterocycles. The summed E-state index contributed by atoms with van der Waals surface area (Å²) in [5.41, 5.74) is 0.836. The maximum absolute atomic E-state index is 13.3. The highest BCUT2D eigenvalue weighted by molar-refractivity contribution is 7.09. The van der Waals surface area contributed by atoms with Gasteiger partial charge in [-0.3, -0.25) is 4.90 Å². The highest BCUT2D eigenvalue weighted by Gasteiger charge is 2.20. The summed E-state index contributed by atoms with van der Waals surface area (Å²) in [7, 11) is 0. The van der Waals surface area contributed by atoms with Crippen molar-refractivity contribution < 1.29 is 8.78 Å². The first-order chi connectivity index (χ1) is 13.7. The number of unbranched alkanes of at least 4 members (excludes halogenated alkanes) is 1. The van der Waals surface area contributed by atoms with Crippen LogP contribution in [0.2, 0.25) is 0 Å². The second-order valence-electron chi connectivity index (χ2n) is 7.17. The largest absolute Gasteiger partial charge is 0.344 e. The third-order valence-electron chi connectivity index (χ3n) is 5.03. The van der Waals surface area contributed by atoms with Crippen molar-refractivity contribution in [2.24, 2.45) is 0 Å². The Morgan fingerprint density at radius 1 is 1.07 bits per heavy atom. The standard InChI is InChI=1S/C20H29F2N5S/c1-2-3-8-23-9-6-19-24-20(28-25-19)27-13-11-26(12-14-27)10-7-16-4-5-17(21)18(22)15-16/h4-5,15,23H,2-3,6-14H2,1H3. The first-order valence-corrected chi connectivity index (χ1v) is 10.9. The topological polar surface area (TPSA) is 44.3 Å². The summed E-state index contributed by atoms with van der Waals surface area (Å²) in [6.45, 7) is 8.74. The third-order valence-corrected chi connectivity index (χ3v) is 5.85. The molecule has 5 nitrogen and oxygen atoms in total. The molecule has 0 bridgehead atoms. The van der Waals surface area contributed by atoms with E-state index in [0.717, 1.165) is 75.2 Å². The number of rotatable bonds is 10. The van der Waals surface area contributed by atoms with E-state index in [9.17, 15) is 8.78 Å². The predicted molar refractivity (Wildman–Crippen MR) is 110 cm³/mol. The van der Waals surface area contributed by atoms with Crippen LogP contribution in [0.1, 0.15) is 31.2 Å². The van der Waals surface area contributed by atoms with E-state index in [0.29, 0.717) is 0 Å². The molecule has 0 spiro atoms. The number of nitrogens with zero attached hydrogens (tertiary/aromatic N) is 4. The lowest BCUT2D eigenvalue weighted by Gasteiger charge is -2.34. The van der Waals surface area contributed by atoms with E-state index in [4.69, 9.17) is 0 Å². The van der Waals surface area contributed by atoms with Crippen molar-refractivity contribution >= 4 is 16.7 Å². The van der Waals surface area contributed by atoms with Crippen molar-refractivity contribution in [3.8, 4) is 0 Å². The van der Waals surface area contributed by atoms with Gasteiger partial charge in [0.05, 0.1) is 0 Å². The van der Waals surface area contributed by atoms with Crippen molar-refractivity contribution in [3.05, 3.63) is 41.2 Å². The van der Waals surface area contributed by atoms with Gasteiger partial charge in [0.15, 0.2) is 11.6 Å². The lowest BCUT2D eigenvalue weighted by atomic mass is 10.1. The fourth-order valence-electron chi connectivity index (χ4n) is 3.25. The molecule has 1 aliphatic rings. The van der Waals surface area contributed by atoms with Crippen LogP contribution >= 0.6 is 11.5 Å². The molecule has 28 heavy (non-hydrogen) atoms. The third kappa shape index (κ3) is 6.18. The molecule has 1 aromatic carbocycles. The summed E-state index contributed by atoms with van der Waals surface area (Å²) >= 11 is 1.48. The quantitative estimate of drug-likeness (QED) is 0.611. The smallest absolute Gasteiger partial charge is 0.205 e. The molecule has 1 N–H and O–H groups in total. The molecular weight excluding hydrogens is 380 g/mol. The van der Waals surface area contributed by atoms with Gasteiger partial charge in [-0.25, -0.2) is 13.8 Å². The molecule has 1 saturated heterocycles. The summed E-state index contributed by atoms with van der Waals surface area (Å²) in [6.07, 6.45) is 4.01. The molecule has 2 aromatic rings. The molecule has 1 aromatic heterocycles. The molecule has 3 rings (SSSR count). The van der Waals surface area contributed by atoms with Gasteiger partial charge in [-0.2, -0.15) is 4.37 Å². The van der Waals surface area contributed by atoms with Crippen molar-refractivity contribution in [3.63, 3.8) is 0 Å². The molecule has 8 heteroatoms. The predicted octanol–water partition coefficient (Wildman–Crippen LogP) is 3.11. The highest BCUT2D eigenvalue weighted by atomic mass is 32.1. The molecule has 0 unspecified atom stereocenters. The van der Waals surface area contributed by atoms with Gasteiger partial charge in [-0.15, -0.1) is 0 Å². The Hall–Kier alpha value is -1.64. The average Bonchev–Trinajstić information content (AvgIpc) is 3.18. The van der Waals surface area contributed by atoms with Gasteiger partial charge >= 0.3 is 0 Å². The second-order valence-corrected chi connectivity index (χ2v) is 7.90. The van der Waals surface area contributed by atoms with E-state index in [1.54, 1.807) is 6.07 Å². The van der Waals surface area contributed by atoms with Gasteiger partial charge < -0.3 is 10.2 Å². The molecule has 1 aliphatic heterocycles. The van der Waals surface area contributed by atoms with Crippen LogP contribution in [0.25, 0.3) is 0 Å². The summed E-state index contributed by atoms with van der Waals surface area (Å²) in [4.78, 5) is 9.34. The van der Waals surface area contributed by atoms with Crippen LogP contribution in [-0.4, -0.2) is 60.1 Å². The minimum Gasteiger partial charge on any atom is -0.344 e. The Morgan fingerprint density at radius 2 is 1.89 bits per heavy atom. The van der Waals surface area contributed by atoms with Crippen LogP contribution in [0.3, 0.4) is 0 Å². The SMILES string of the molecule is CCCCNCCc1nsc(N2CCN(CCc3ccc(F)c(F)c3)CC2)n1. The number of halogens is 2. The number of anilines is 1. The molecule has 0 aliphatic carbocycles. The van der Waals surface area contributed by atoms with Crippen LogP contribution in [0.15, 0.2) is 18.2 Å². The monoisotopic (exact) mass is 409 g/mol. The molecule has 0 amide bonds. The fraction of sp³-hybridized carbons (Fsp3) is 0.600. The van der Waals surface area contributed by atoms with Crippen LogP contribution in [0.5, 0.6) is 0 Å². The maximum atomic E-state index is 13.3. The van der Waals surface area contributed by atoms with Gasteiger partial charge in [0.1, 0.15) is 5.82 Å². The molecular formula is C20H29F2N5S. The molecule has 154 valence electrons. The first kappa shape index (κ1) is 21.1. The Balaban J connectivity index is 1.38. The Labute approximate surface area is 169 Å². The molecule has 0 atom stereocenters. The van der Waals surface area contributed by atoms with Crippen molar-refractivity contribution in [1.29, 1.82) is 0 Å². The highest BCUT2D eigenvalue weighted by Crippen LogP contribution is 2.19. The van der Waals surface area contributed by atoms with Crippen molar-refractivity contribution in [2.75, 3.05) is 50.7 Å². The Morgan fingerprint density at radius 3 is 2.64 bits per heavy atom. The lowest BCUT2D eigenvalue weighted by molar-refractivity contribution is 0.261. The number of benzene rings is 1. The molecule has 0 saturated carbocycles. The maximum Gasteiger partial charge on any atom is 0.205 e. The fourth-order valence-corrected chi connectivity index (χ4v) is 4.01. The summed E-state index contributed by atoms with van der Waals surface area (Å²) in [5, 5.41) is 4.43. The molecule has 0 radical (unpaired) electrons. The zero-order valence-electron chi connectivity index (χ0n) is 16.5.